The number of hydrogen-bond acceptors (Lipinski definition) is 3. The molecule has 39 heavy (non-hydrogen) atoms. The summed E-state index contributed by atoms with van der Waals surface area (Å²) in [5, 5.41) is 11.8. The topological polar surface area (TPSA) is 88.4 Å². The van der Waals surface area contributed by atoms with Crippen LogP contribution in [0.25, 0.3) is 0 Å². The van der Waals surface area contributed by atoms with Gasteiger partial charge < -0.3 is 15.0 Å². The fraction of sp³-hybridized carbons (Fsp3) is 0.269. The zero-order chi connectivity index (χ0) is 29.3. The van der Waals surface area contributed by atoms with Gasteiger partial charge in [0.1, 0.15) is 17.6 Å². The Hall–Kier alpha value is -4.16. The minimum Gasteiger partial charge on any atom is -0.480 e. The molecule has 0 aliphatic carbocycles. The highest BCUT2D eigenvalue weighted by Gasteiger charge is 2.41. The largest absolute Gasteiger partial charge is 0.480 e. The van der Waals surface area contributed by atoms with Crippen molar-refractivity contribution in [2.75, 3.05) is 0 Å². The molecule has 0 aliphatic heterocycles. The highest BCUT2D eigenvalue weighted by Crippen LogP contribution is 2.36. The molecule has 0 saturated heterocycles. The number of carboxylic acid groups (broad SMARTS) is 1. The number of alkyl halides is 6. The second-order valence-electron chi connectivity index (χ2n) is 8.78. The van der Waals surface area contributed by atoms with Gasteiger partial charge in [0.15, 0.2) is 0 Å². The van der Waals surface area contributed by atoms with Gasteiger partial charge in [0.05, 0.1) is 11.1 Å². The van der Waals surface area contributed by atoms with Crippen molar-refractivity contribution in [3.05, 3.63) is 104 Å². The number of carboxylic acids is 1. The molecule has 3 aromatic rings. The standard InChI is InChI=1S/C26H21F7N2O4/c1-13-5-3-8-18(27)21(13)22(36)34-19(24(38)39)11-15-7-4-6-14(9-15)10-16-17(25(28,29)30)12-20(26(31,32)33)35(2)23(16)37/h3-9,12,19H,10-11H2,1-2H3,(H,34,36)(H,38,39). The second-order valence-corrected chi connectivity index (χ2v) is 8.78. The van der Waals surface area contributed by atoms with Crippen molar-refractivity contribution in [3.63, 3.8) is 0 Å². The molecular weight excluding hydrogens is 537 g/mol. The number of carbonyl (C=O) groups is 2. The molecule has 208 valence electrons. The fourth-order valence-electron chi connectivity index (χ4n) is 4.10. The van der Waals surface area contributed by atoms with Crippen LogP contribution in [-0.2, 0) is 37.0 Å². The van der Waals surface area contributed by atoms with E-state index in [1.807, 2.05) is 0 Å². The maximum Gasteiger partial charge on any atom is 0.431 e. The molecule has 0 fully saturated rings. The molecule has 6 nitrogen and oxygen atoms in total. The summed E-state index contributed by atoms with van der Waals surface area (Å²) in [6, 6.07) is 7.53. The molecule has 0 aliphatic rings. The quantitative estimate of drug-likeness (QED) is 0.405. The second kappa shape index (κ2) is 10.9. The monoisotopic (exact) mass is 558 g/mol. The van der Waals surface area contributed by atoms with Crippen molar-refractivity contribution in [2.45, 2.75) is 38.2 Å². The van der Waals surface area contributed by atoms with E-state index in [9.17, 15) is 50.2 Å². The maximum absolute atomic E-state index is 14.1. The SMILES string of the molecule is Cc1cccc(F)c1C(=O)NC(Cc1cccc(Cc2c(C(F)(F)F)cc(C(F)(F)F)n(C)c2=O)c1)C(=O)O. The van der Waals surface area contributed by atoms with Crippen molar-refractivity contribution in [2.24, 2.45) is 7.05 Å². The van der Waals surface area contributed by atoms with Crippen LogP contribution in [0.4, 0.5) is 30.7 Å². The van der Waals surface area contributed by atoms with Crippen LogP contribution in [0.15, 0.2) is 53.3 Å². The van der Waals surface area contributed by atoms with Gasteiger partial charge in [-0.05, 0) is 35.7 Å². The summed E-state index contributed by atoms with van der Waals surface area (Å²) in [6.45, 7) is 1.46. The lowest BCUT2D eigenvalue weighted by atomic mass is 9.96. The number of hydrogen-bond donors (Lipinski definition) is 2. The Balaban J connectivity index is 1.93. The summed E-state index contributed by atoms with van der Waals surface area (Å²) in [6.07, 6.45) is -11.5. The van der Waals surface area contributed by atoms with E-state index in [0.717, 1.165) is 6.07 Å². The molecule has 3 rings (SSSR count). The van der Waals surface area contributed by atoms with Gasteiger partial charge in [0.25, 0.3) is 11.5 Å². The first-order valence-corrected chi connectivity index (χ1v) is 11.2. The van der Waals surface area contributed by atoms with E-state index < -0.39 is 64.9 Å². The van der Waals surface area contributed by atoms with Crippen molar-refractivity contribution < 1.29 is 45.4 Å². The summed E-state index contributed by atoms with van der Waals surface area (Å²) in [4.78, 5) is 36.9. The molecule has 13 heteroatoms. The van der Waals surface area contributed by atoms with E-state index in [1.165, 1.54) is 43.3 Å². The number of halogens is 7. The van der Waals surface area contributed by atoms with Crippen LogP contribution in [0.5, 0.6) is 0 Å². The molecular formula is C26H21F7N2O4. The third kappa shape index (κ3) is 6.65. The average molecular weight is 558 g/mol. The molecule has 0 saturated carbocycles. The minimum absolute atomic E-state index is 0.0790. The third-order valence-corrected chi connectivity index (χ3v) is 5.99. The van der Waals surface area contributed by atoms with Gasteiger partial charge in [0.2, 0.25) is 0 Å². The van der Waals surface area contributed by atoms with Crippen LogP contribution >= 0.6 is 0 Å². The molecule has 0 spiro atoms. The lowest BCUT2D eigenvalue weighted by Crippen LogP contribution is -2.42. The Bertz CT molecular complexity index is 1460. The number of amides is 1. The van der Waals surface area contributed by atoms with Crippen LogP contribution in [0.2, 0.25) is 0 Å². The van der Waals surface area contributed by atoms with Crippen molar-refractivity contribution >= 4 is 11.9 Å². The zero-order valence-electron chi connectivity index (χ0n) is 20.4. The number of aromatic nitrogens is 1. The highest BCUT2D eigenvalue weighted by atomic mass is 19.4. The third-order valence-electron chi connectivity index (χ3n) is 5.99. The van der Waals surface area contributed by atoms with Gasteiger partial charge in [0, 0.05) is 25.5 Å². The van der Waals surface area contributed by atoms with E-state index in [1.54, 1.807) is 0 Å². The van der Waals surface area contributed by atoms with Crippen molar-refractivity contribution in [3.8, 4) is 0 Å². The van der Waals surface area contributed by atoms with Crippen LogP contribution in [0, 0.1) is 12.7 Å². The number of nitrogens with zero attached hydrogens (tertiary/aromatic N) is 1. The Kier molecular flexibility index (Phi) is 8.22. The molecule has 1 heterocycles. The van der Waals surface area contributed by atoms with Gasteiger partial charge >= 0.3 is 18.3 Å². The number of aryl methyl sites for hydroxylation is 1. The summed E-state index contributed by atoms with van der Waals surface area (Å²) >= 11 is 0. The molecule has 2 aromatic carbocycles. The van der Waals surface area contributed by atoms with E-state index in [2.05, 4.69) is 5.32 Å². The first-order valence-electron chi connectivity index (χ1n) is 11.2. The molecule has 1 amide bonds. The number of benzene rings is 2. The predicted molar refractivity (Wildman–Crippen MR) is 125 cm³/mol. The van der Waals surface area contributed by atoms with Crippen LogP contribution in [0.3, 0.4) is 0 Å². The fourth-order valence-corrected chi connectivity index (χ4v) is 4.10. The first-order chi connectivity index (χ1) is 18.0. The van der Waals surface area contributed by atoms with E-state index in [4.69, 9.17) is 0 Å². The number of carbonyl (C=O) groups excluding carboxylic acids is 1. The van der Waals surface area contributed by atoms with E-state index >= 15 is 0 Å². The average Bonchev–Trinajstić information content (AvgIpc) is 2.80. The molecule has 0 bridgehead atoms. The lowest BCUT2D eigenvalue weighted by Gasteiger charge is -2.19. The smallest absolute Gasteiger partial charge is 0.431 e. The Labute approximate surface area is 216 Å². The lowest BCUT2D eigenvalue weighted by molar-refractivity contribution is -0.148. The summed E-state index contributed by atoms with van der Waals surface area (Å²) in [7, 11) is 0.711. The summed E-state index contributed by atoms with van der Waals surface area (Å²) in [5.41, 5.74) is -5.70. The van der Waals surface area contributed by atoms with E-state index in [0.29, 0.717) is 7.05 Å². The normalized spacial score (nSPS) is 12.7. The van der Waals surface area contributed by atoms with Crippen LogP contribution in [-0.4, -0.2) is 27.6 Å². The van der Waals surface area contributed by atoms with Gasteiger partial charge in [-0.15, -0.1) is 0 Å². The van der Waals surface area contributed by atoms with Gasteiger partial charge in [-0.25, -0.2) is 9.18 Å². The summed E-state index contributed by atoms with van der Waals surface area (Å²) < 4.78 is 94.8. The Morgan fingerprint density at radius 3 is 2.15 bits per heavy atom. The maximum atomic E-state index is 14.1. The molecule has 1 atom stereocenters. The molecule has 1 unspecified atom stereocenters. The van der Waals surface area contributed by atoms with Gasteiger partial charge in [-0.1, -0.05) is 36.4 Å². The van der Waals surface area contributed by atoms with Crippen LogP contribution < -0.4 is 10.9 Å². The molecule has 0 radical (unpaired) electrons. The first kappa shape index (κ1) is 29.4. The minimum atomic E-state index is -5.26. The summed E-state index contributed by atoms with van der Waals surface area (Å²) in [5.74, 6) is -3.33. The van der Waals surface area contributed by atoms with Crippen molar-refractivity contribution in [1.82, 2.24) is 9.88 Å². The molecule has 1 aromatic heterocycles. The zero-order valence-corrected chi connectivity index (χ0v) is 20.4. The van der Waals surface area contributed by atoms with Crippen molar-refractivity contribution in [1.29, 1.82) is 0 Å². The molecule has 2 N–H and O–H groups in total. The van der Waals surface area contributed by atoms with Crippen LogP contribution in [0.1, 0.15) is 43.9 Å². The highest BCUT2D eigenvalue weighted by molar-refractivity contribution is 5.98. The predicted octanol–water partition coefficient (Wildman–Crippen LogP) is 4.89. The van der Waals surface area contributed by atoms with E-state index in [-0.39, 0.29) is 39.3 Å². The Morgan fingerprint density at radius 1 is 0.974 bits per heavy atom. The number of rotatable bonds is 7. The number of aliphatic carboxylic acids is 1. The number of nitrogens with one attached hydrogen (secondary N) is 1. The van der Waals surface area contributed by atoms with Gasteiger partial charge in [-0.3, -0.25) is 9.59 Å². The Morgan fingerprint density at radius 2 is 1.59 bits per heavy atom. The number of pyridine rings is 1. The van der Waals surface area contributed by atoms with Gasteiger partial charge in [-0.2, -0.15) is 26.3 Å².